The summed E-state index contributed by atoms with van der Waals surface area (Å²) < 4.78 is 64.5. The molecule has 9 heteroatoms. The van der Waals surface area contributed by atoms with Gasteiger partial charge in [-0.1, -0.05) is 62.3 Å². The molecule has 1 fully saturated rings. The molecule has 5 nitrogen and oxygen atoms in total. The van der Waals surface area contributed by atoms with Crippen LogP contribution in [0.3, 0.4) is 0 Å². The normalized spacial score (nSPS) is 24.3. The van der Waals surface area contributed by atoms with Gasteiger partial charge in [-0.05, 0) is 16.4 Å². The number of amidine groups is 1. The molecule has 0 radical (unpaired) electrons. The molecule has 30 heavy (non-hydrogen) atoms. The van der Waals surface area contributed by atoms with Crippen LogP contribution in [0.15, 0.2) is 16.3 Å². The summed E-state index contributed by atoms with van der Waals surface area (Å²) in [4.78, 5) is 7.16. The summed E-state index contributed by atoms with van der Waals surface area (Å²) in [6, 6.07) is -0.723. The average molecular weight is 452 g/mol. The van der Waals surface area contributed by atoms with E-state index in [1.807, 2.05) is 25.7 Å². The minimum atomic E-state index is -4.78. The Morgan fingerprint density at radius 2 is 1.53 bits per heavy atom. The zero-order chi connectivity index (χ0) is 23.5. The van der Waals surface area contributed by atoms with Gasteiger partial charge in [0.1, 0.15) is 5.84 Å². The van der Waals surface area contributed by atoms with Crippen LogP contribution in [-0.4, -0.2) is 49.7 Å². The number of hydrogen-bond donors (Lipinski definition) is 1. The first-order valence-electron chi connectivity index (χ1n) is 10.3. The highest BCUT2D eigenvalue weighted by atomic mass is 32.2. The lowest BCUT2D eigenvalue weighted by Gasteiger charge is -2.45. The Morgan fingerprint density at radius 1 is 1.00 bits per heavy atom. The molecular formula is C21H36F3N3O2S. The summed E-state index contributed by atoms with van der Waals surface area (Å²) in [5, 5.41) is 0. The molecule has 2 unspecified atom stereocenters. The molecule has 0 bridgehead atoms. The SMILES string of the molecule is CC(C)(C)C1=NC(C(C)(C)C)C(C(C)(C)C)=C2CC(NS(=O)(=O)CC(F)(F)F)CN12. The van der Waals surface area contributed by atoms with E-state index in [1.165, 1.54) is 0 Å². The molecule has 0 amide bonds. The average Bonchev–Trinajstić information content (AvgIpc) is 2.80. The van der Waals surface area contributed by atoms with Crippen molar-refractivity contribution in [2.75, 3.05) is 12.3 Å². The molecule has 1 N–H and O–H groups in total. The summed E-state index contributed by atoms with van der Waals surface area (Å²) in [5.74, 6) is -1.02. The lowest BCUT2D eigenvalue weighted by molar-refractivity contribution is -0.106. The second-order valence-electron chi connectivity index (χ2n) is 11.6. The second-order valence-corrected chi connectivity index (χ2v) is 13.3. The number of alkyl halides is 3. The van der Waals surface area contributed by atoms with Crippen LogP contribution in [0.4, 0.5) is 13.2 Å². The predicted molar refractivity (Wildman–Crippen MR) is 115 cm³/mol. The largest absolute Gasteiger partial charge is 0.404 e. The van der Waals surface area contributed by atoms with Gasteiger partial charge in [-0.15, -0.1) is 0 Å². The molecule has 0 spiro atoms. The third-order valence-electron chi connectivity index (χ3n) is 5.26. The number of nitrogens with zero attached hydrogens (tertiary/aromatic N) is 2. The van der Waals surface area contributed by atoms with Gasteiger partial charge in [0.2, 0.25) is 10.0 Å². The summed E-state index contributed by atoms with van der Waals surface area (Å²) in [6.07, 6.45) is -4.42. The van der Waals surface area contributed by atoms with Crippen molar-refractivity contribution >= 4 is 15.9 Å². The molecule has 0 aromatic heterocycles. The van der Waals surface area contributed by atoms with E-state index < -0.39 is 28.0 Å². The van der Waals surface area contributed by atoms with Crippen molar-refractivity contribution in [2.45, 2.75) is 87.0 Å². The van der Waals surface area contributed by atoms with Gasteiger partial charge in [-0.2, -0.15) is 13.2 Å². The van der Waals surface area contributed by atoms with Crippen molar-refractivity contribution in [1.82, 2.24) is 9.62 Å². The van der Waals surface area contributed by atoms with Crippen LogP contribution in [0.25, 0.3) is 0 Å². The highest BCUT2D eigenvalue weighted by molar-refractivity contribution is 7.89. The molecular weight excluding hydrogens is 415 g/mol. The van der Waals surface area contributed by atoms with Crippen LogP contribution in [0.2, 0.25) is 0 Å². The number of halogens is 3. The number of nitrogens with one attached hydrogen (secondary N) is 1. The molecule has 0 aromatic rings. The maximum Gasteiger partial charge on any atom is 0.404 e. The van der Waals surface area contributed by atoms with Crippen molar-refractivity contribution in [1.29, 1.82) is 0 Å². The minimum absolute atomic E-state index is 0.0940. The minimum Gasteiger partial charge on any atom is -0.332 e. The van der Waals surface area contributed by atoms with Gasteiger partial charge in [-0.3, -0.25) is 4.99 Å². The van der Waals surface area contributed by atoms with E-state index in [9.17, 15) is 21.6 Å². The molecule has 1 saturated heterocycles. The molecule has 2 rings (SSSR count). The second kappa shape index (κ2) is 7.50. The van der Waals surface area contributed by atoms with Gasteiger partial charge in [0.25, 0.3) is 0 Å². The van der Waals surface area contributed by atoms with Gasteiger partial charge < -0.3 is 4.90 Å². The lowest BCUT2D eigenvalue weighted by atomic mass is 9.70. The zero-order valence-corrected chi connectivity index (χ0v) is 20.3. The topological polar surface area (TPSA) is 61.8 Å². The van der Waals surface area contributed by atoms with Crippen LogP contribution in [0, 0.1) is 16.2 Å². The Morgan fingerprint density at radius 3 is 1.93 bits per heavy atom. The third kappa shape index (κ3) is 5.78. The Balaban J connectivity index is 2.53. The fraction of sp³-hybridized carbons (Fsp3) is 0.857. The molecule has 0 aliphatic carbocycles. The van der Waals surface area contributed by atoms with E-state index in [0.29, 0.717) is 6.42 Å². The van der Waals surface area contributed by atoms with E-state index in [-0.39, 0.29) is 28.8 Å². The first kappa shape index (κ1) is 25.2. The van der Waals surface area contributed by atoms with Crippen LogP contribution in [-0.2, 0) is 10.0 Å². The van der Waals surface area contributed by atoms with Crippen molar-refractivity contribution in [3.05, 3.63) is 11.3 Å². The Hall–Kier alpha value is -1.09. The summed E-state index contributed by atoms with van der Waals surface area (Å²) in [5.41, 5.74) is 1.44. The molecule has 174 valence electrons. The molecule has 0 saturated carbocycles. The maximum absolute atomic E-state index is 12.7. The van der Waals surface area contributed by atoms with Gasteiger partial charge in [0, 0.05) is 30.1 Å². The highest BCUT2D eigenvalue weighted by Gasteiger charge is 2.47. The maximum atomic E-state index is 12.7. The van der Waals surface area contributed by atoms with Crippen LogP contribution in [0.1, 0.15) is 68.7 Å². The molecule has 2 atom stereocenters. The third-order valence-corrected chi connectivity index (χ3v) is 6.66. The van der Waals surface area contributed by atoms with E-state index in [2.05, 4.69) is 46.3 Å². The first-order valence-corrected chi connectivity index (χ1v) is 11.9. The summed E-state index contributed by atoms with van der Waals surface area (Å²) in [6.45, 7) is 19.1. The zero-order valence-electron chi connectivity index (χ0n) is 19.5. The number of rotatable bonds is 3. The van der Waals surface area contributed by atoms with Crippen molar-refractivity contribution < 1.29 is 21.6 Å². The number of hydrogen-bond acceptors (Lipinski definition) is 4. The van der Waals surface area contributed by atoms with Crippen LogP contribution < -0.4 is 4.72 Å². The number of aliphatic imine (C=N–C) groups is 1. The Bertz CT molecular complexity index is 839. The van der Waals surface area contributed by atoms with Crippen LogP contribution >= 0.6 is 0 Å². The van der Waals surface area contributed by atoms with Gasteiger partial charge in [0.05, 0.1) is 6.04 Å². The van der Waals surface area contributed by atoms with E-state index in [4.69, 9.17) is 4.99 Å². The summed E-state index contributed by atoms with van der Waals surface area (Å²) >= 11 is 0. The summed E-state index contributed by atoms with van der Waals surface area (Å²) in [7, 11) is -4.48. The van der Waals surface area contributed by atoms with E-state index in [0.717, 1.165) is 17.1 Å². The van der Waals surface area contributed by atoms with Gasteiger partial charge >= 0.3 is 6.18 Å². The number of sulfonamides is 1. The van der Waals surface area contributed by atoms with Crippen LogP contribution in [0.5, 0.6) is 0 Å². The van der Waals surface area contributed by atoms with Gasteiger partial charge in [-0.25, -0.2) is 13.1 Å². The van der Waals surface area contributed by atoms with E-state index >= 15 is 0 Å². The monoisotopic (exact) mass is 451 g/mol. The first-order chi connectivity index (χ1) is 13.1. The van der Waals surface area contributed by atoms with Crippen molar-refractivity contribution in [2.24, 2.45) is 21.2 Å². The molecule has 0 aromatic carbocycles. The Labute approximate surface area is 179 Å². The standard InChI is InChI=1S/C21H36F3N3O2S/c1-18(2,3)15-14-10-13(26-30(28,29)12-21(22,23)24)11-27(14)17(20(7,8)9)25-16(15)19(4,5)6/h13,16,26H,10-12H2,1-9H3. The van der Waals surface area contributed by atoms with Crippen molar-refractivity contribution in [3.8, 4) is 0 Å². The lowest BCUT2D eigenvalue weighted by Crippen LogP contribution is -2.48. The fourth-order valence-electron chi connectivity index (χ4n) is 4.28. The molecule has 2 heterocycles. The number of fused-ring (bicyclic) bond motifs is 1. The van der Waals surface area contributed by atoms with Gasteiger partial charge in [0.15, 0.2) is 5.75 Å². The smallest absolute Gasteiger partial charge is 0.332 e. The highest BCUT2D eigenvalue weighted by Crippen LogP contribution is 2.47. The Kier molecular flexibility index (Phi) is 6.29. The van der Waals surface area contributed by atoms with Crippen molar-refractivity contribution in [3.63, 3.8) is 0 Å². The molecule has 2 aliphatic heterocycles. The fourth-order valence-corrected chi connectivity index (χ4v) is 5.46. The predicted octanol–water partition coefficient (Wildman–Crippen LogP) is 4.72. The quantitative estimate of drug-likeness (QED) is 0.676. The van der Waals surface area contributed by atoms with E-state index in [1.54, 1.807) is 0 Å². The molecule has 2 aliphatic rings.